The number of imide groups is 3. The third-order valence-electron chi connectivity index (χ3n) is 8.44. The van der Waals surface area contributed by atoms with Crippen molar-refractivity contribution >= 4 is 17.7 Å². The minimum absolute atomic E-state index is 0.107. The summed E-state index contributed by atoms with van der Waals surface area (Å²) >= 11 is 0. The van der Waals surface area contributed by atoms with Crippen molar-refractivity contribution in [3.8, 4) is 0 Å². The summed E-state index contributed by atoms with van der Waals surface area (Å²) in [4.78, 5) is 42.1. The van der Waals surface area contributed by atoms with Crippen molar-refractivity contribution in [1.82, 2.24) is 9.80 Å². The number of hydrogen-bond acceptors (Lipinski definition) is 4. The van der Waals surface area contributed by atoms with Crippen LogP contribution >= 0.6 is 0 Å². The smallest absolute Gasteiger partial charge is 0.250 e. The highest BCUT2D eigenvalue weighted by molar-refractivity contribution is 6.11. The number of likely N-dealkylation sites (N-methyl/N-ethyl adjacent to an activating group) is 1. The molecule has 0 atom stereocenters. The quantitative estimate of drug-likeness (QED) is 0.0535. The van der Waals surface area contributed by atoms with Gasteiger partial charge >= 0.3 is 0 Å². The molecule has 5 nitrogen and oxygen atoms in total. The topological polar surface area (TPSA) is 57.7 Å². The van der Waals surface area contributed by atoms with E-state index >= 15 is 0 Å². The van der Waals surface area contributed by atoms with Crippen molar-refractivity contribution in [1.29, 1.82) is 0 Å². The molecule has 0 aliphatic carbocycles. The standard InChI is InChI=1S/C42H74N2O3/c1-5-8-10-12-14-16-18-20-22-24-26-28-30-32-34-36-40(45)44(42(47)39-43(4)38-7-3)41(46)37-35-33-31-29-27-25-23-21-19-17-15-13-11-9-6-2/h14-17,20-23H,5-13,18-19,24-39H2,1-4H3/b16-14-,17-15-,22-20-,23-21-. The molecule has 0 aliphatic rings. The second-order valence-electron chi connectivity index (χ2n) is 13.2. The number of hydrogen-bond donors (Lipinski definition) is 0. The minimum Gasteiger partial charge on any atom is -0.298 e. The lowest BCUT2D eigenvalue weighted by Crippen LogP contribution is -2.46. The summed E-state index contributed by atoms with van der Waals surface area (Å²) in [6, 6.07) is 0. The van der Waals surface area contributed by atoms with Gasteiger partial charge in [-0.15, -0.1) is 0 Å². The lowest BCUT2D eigenvalue weighted by Gasteiger charge is -2.22. The molecule has 5 heteroatoms. The summed E-state index contributed by atoms with van der Waals surface area (Å²) in [6.45, 7) is 7.40. The van der Waals surface area contributed by atoms with Crippen LogP contribution in [0.25, 0.3) is 0 Å². The van der Waals surface area contributed by atoms with E-state index in [4.69, 9.17) is 0 Å². The fourth-order valence-electron chi connectivity index (χ4n) is 5.58. The van der Waals surface area contributed by atoms with E-state index in [0.29, 0.717) is 0 Å². The molecule has 270 valence electrons. The van der Waals surface area contributed by atoms with Gasteiger partial charge in [0.25, 0.3) is 0 Å². The van der Waals surface area contributed by atoms with Crippen molar-refractivity contribution in [3.63, 3.8) is 0 Å². The first-order chi connectivity index (χ1) is 23.0. The van der Waals surface area contributed by atoms with Crippen LogP contribution in [0.1, 0.15) is 181 Å². The van der Waals surface area contributed by atoms with Crippen LogP contribution in [0.15, 0.2) is 48.6 Å². The molecule has 0 fully saturated rings. The van der Waals surface area contributed by atoms with E-state index in [1.54, 1.807) is 0 Å². The maximum absolute atomic E-state index is 13.1. The summed E-state index contributed by atoms with van der Waals surface area (Å²) in [5.74, 6) is -1.02. The van der Waals surface area contributed by atoms with Crippen LogP contribution in [0.5, 0.6) is 0 Å². The van der Waals surface area contributed by atoms with Crippen molar-refractivity contribution in [2.24, 2.45) is 0 Å². The van der Waals surface area contributed by atoms with Gasteiger partial charge in [0.1, 0.15) is 0 Å². The van der Waals surface area contributed by atoms with Gasteiger partial charge in [0, 0.05) is 12.8 Å². The van der Waals surface area contributed by atoms with Gasteiger partial charge in [-0.25, -0.2) is 4.90 Å². The zero-order valence-corrected chi connectivity index (χ0v) is 31.3. The highest BCUT2D eigenvalue weighted by Gasteiger charge is 2.28. The second kappa shape index (κ2) is 35.0. The van der Waals surface area contributed by atoms with Crippen molar-refractivity contribution in [2.45, 2.75) is 181 Å². The Morgan fingerprint density at radius 3 is 1.17 bits per heavy atom. The number of unbranched alkanes of at least 4 members (excludes halogenated alkanes) is 16. The van der Waals surface area contributed by atoms with E-state index in [-0.39, 0.29) is 37.1 Å². The van der Waals surface area contributed by atoms with Crippen molar-refractivity contribution in [2.75, 3.05) is 20.1 Å². The van der Waals surface area contributed by atoms with Crippen molar-refractivity contribution in [3.05, 3.63) is 48.6 Å². The number of carbonyl (C=O) groups is 3. The van der Waals surface area contributed by atoms with Crippen LogP contribution < -0.4 is 0 Å². The van der Waals surface area contributed by atoms with Gasteiger partial charge in [0.2, 0.25) is 17.7 Å². The van der Waals surface area contributed by atoms with Crippen LogP contribution in [0.3, 0.4) is 0 Å². The molecule has 0 aliphatic heterocycles. The zero-order valence-electron chi connectivity index (χ0n) is 31.3. The molecule has 0 aromatic carbocycles. The van der Waals surface area contributed by atoms with Gasteiger partial charge in [0.15, 0.2) is 0 Å². The molecule has 0 heterocycles. The second-order valence-corrected chi connectivity index (χ2v) is 13.2. The summed E-state index contributed by atoms with van der Waals surface area (Å²) in [7, 11) is 1.87. The molecule has 0 bridgehead atoms. The van der Waals surface area contributed by atoms with Crippen LogP contribution in [0, 0.1) is 0 Å². The molecule has 0 spiro atoms. The molecule has 0 saturated heterocycles. The van der Waals surface area contributed by atoms with E-state index in [1.807, 2.05) is 11.9 Å². The SMILES string of the molecule is CCCCC/C=C\C/C=C\CCCCCCCC(=O)N(C(=O)CCCCCCC/C=C\C/C=C\CCCCC)C(=O)CN(C)CCC. The highest BCUT2D eigenvalue weighted by atomic mass is 16.2. The number of allylic oxidation sites excluding steroid dienone is 8. The first-order valence-corrected chi connectivity index (χ1v) is 19.6. The Balaban J connectivity index is 4.32. The normalized spacial score (nSPS) is 12.1. The lowest BCUT2D eigenvalue weighted by molar-refractivity contribution is -0.154. The summed E-state index contributed by atoms with van der Waals surface area (Å²) in [5, 5.41) is 0. The van der Waals surface area contributed by atoms with Gasteiger partial charge in [-0.3, -0.25) is 19.3 Å². The van der Waals surface area contributed by atoms with Crippen LogP contribution in [-0.2, 0) is 14.4 Å². The molecule has 0 aromatic heterocycles. The Hall–Kier alpha value is -2.27. The predicted molar refractivity (Wildman–Crippen MR) is 203 cm³/mol. The highest BCUT2D eigenvalue weighted by Crippen LogP contribution is 2.13. The third-order valence-corrected chi connectivity index (χ3v) is 8.44. The Bertz CT molecular complexity index is 815. The van der Waals surface area contributed by atoms with Gasteiger partial charge in [-0.1, -0.05) is 134 Å². The molecular formula is C42H74N2O3. The van der Waals surface area contributed by atoms with Gasteiger partial charge in [-0.2, -0.15) is 0 Å². The molecule has 0 aromatic rings. The first kappa shape index (κ1) is 44.7. The third kappa shape index (κ3) is 29.6. The van der Waals surface area contributed by atoms with Gasteiger partial charge < -0.3 is 0 Å². The summed E-state index contributed by atoms with van der Waals surface area (Å²) < 4.78 is 0. The largest absolute Gasteiger partial charge is 0.298 e. The molecule has 0 N–H and O–H groups in total. The molecule has 0 radical (unpaired) electrons. The molecule has 3 amide bonds. The average Bonchev–Trinajstić information content (AvgIpc) is 3.04. The Labute approximate surface area is 291 Å². The maximum atomic E-state index is 13.1. The van der Waals surface area contributed by atoms with E-state index in [2.05, 4.69) is 69.4 Å². The zero-order chi connectivity index (χ0) is 34.6. The first-order valence-electron chi connectivity index (χ1n) is 19.6. The fourth-order valence-corrected chi connectivity index (χ4v) is 5.58. The molecule has 0 unspecified atom stereocenters. The molecule has 0 saturated carbocycles. The van der Waals surface area contributed by atoms with Crippen molar-refractivity contribution < 1.29 is 14.4 Å². The Morgan fingerprint density at radius 2 is 0.787 bits per heavy atom. The van der Waals surface area contributed by atoms with E-state index in [9.17, 15) is 14.4 Å². The number of rotatable bonds is 32. The number of carbonyl (C=O) groups excluding carboxylic acids is 3. The maximum Gasteiger partial charge on any atom is 0.250 e. The van der Waals surface area contributed by atoms with E-state index in [1.165, 1.54) is 51.4 Å². The minimum atomic E-state index is -0.374. The Kier molecular flexibility index (Phi) is 33.4. The lowest BCUT2D eigenvalue weighted by atomic mass is 10.1. The van der Waals surface area contributed by atoms with E-state index in [0.717, 1.165) is 108 Å². The van der Waals surface area contributed by atoms with Gasteiger partial charge in [-0.05, 0) is 97.1 Å². The number of nitrogens with zero attached hydrogens (tertiary/aromatic N) is 2. The number of amides is 3. The van der Waals surface area contributed by atoms with Crippen LogP contribution in [0.2, 0.25) is 0 Å². The summed E-state index contributed by atoms with van der Waals surface area (Å²) in [6.07, 6.45) is 44.1. The van der Waals surface area contributed by atoms with Crippen LogP contribution in [0.4, 0.5) is 0 Å². The average molecular weight is 655 g/mol. The van der Waals surface area contributed by atoms with E-state index < -0.39 is 0 Å². The van der Waals surface area contributed by atoms with Gasteiger partial charge in [0.05, 0.1) is 6.54 Å². The fraction of sp³-hybridized carbons (Fsp3) is 0.738. The van der Waals surface area contributed by atoms with Crippen LogP contribution in [-0.4, -0.2) is 47.7 Å². The molecule has 47 heavy (non-hydrogen) atoms. The monoisotopic (exact) mass is 655 g/mol. The molecular weight excluding hydrogens is 580 g/mol. The molecule has 0 rings (SSSR count). The Morgan fingerprint density at radius 1 is 0.426 bits per heavy atom. The summed E-state index contributed by atoms with van der Waals surface area (Å²) in [5.41, 5.74) is 0. The predicted octanol–water partition coefficient (Wildman–Crippen LogP) is 11.8.